The lowest BCUT2D eigenvalue weighted by Gasteiger charge is -2.09. The molecule has 0 saturated carbocycles. The molecular weight excluding hydrogens is 378 g/mol. The second kappa shape index (κ2) is 7.31. The van der Waals surface area contributed by atoms with Gasteiger partial charge in [-0.15, -0.1) is 5.10 Å². The Kier molecular flexibility index (Phi) is 4.53. The second-order valence-electron chi connectivity index (χ2n) is 5.88. The first kappa shape index (κ1) is 18.0. The molecule has 0 fully saturated rings. The lowest BCUT2D eigenvalue weighted by atomic mass is 10.1. The summed E-state index contributed by atoms with van der Waals surface area (Å²) in [7, 11) is 1.55. The molecule has 0 atom stereocenters. The molecule has 2 heterocycles. The molecule has 0 saturated heterocycles. The van der Waals surface area contributed by atoms with Gasteiger partial charge in [0.15, 0.2) is 12.2 Å². The van der Waals surface area contributed by atoms with Crippen molar-refractivity contribution < 1.29 is 14.1 Å². The second-order valence-corrected chi connectivity index (χ2v) is 5.88. The fourth-order valence-corrected chi connectivity index (χ4v) is 2.73. The summed E-state index contributed by atoms with van der Waals surface area (Å²) in [6.45, 7) is 0. The Bertz CT molecular complexity index is 1150. The molecule has 4 aromatic rings. The molecule has 146 valence electrons. The Balaban J connectivity index is 1.59. The molecule has 0 radical (unpaired) electrons. The number of oxazole rings is 1. The predicted molar refractivity (Wildman–Crippen MR) is 104 cm³/mol. The van der Waals surface area contributed by atoms with Crippen molar-refractivity contribution in [3.05, 3.63) is 65.2 Å². The molecule has 4 rings (SSSR count). The van der Waals surface area contributed by atoms with Gasteiger partial charge in [0.05, 0.1) is 29.5 Å². The van der Waals surface area contributed by atoms with Crippen LogP contribution in [-0.4, -0.2) is 31.8 Å². The van der Waals surface area contributed by atoms with Gasteiger partial charge in [0.1, 0.15) is 5.75 Å². The molecule has 2 aromatic heterocycles. The maximum absolute atomic E-state index is 10.8. The normalized spacial score (nSPS) is 10.7. The lowest BCUT2D eigenvalue weighted by molar-refractivity contribution is -0.384. The van der Waals surface area contributed by atoms with Gasteiger partial charge in [0, 0.05) is 23.9 Å². The number of nitrogens with one attached hydrogen (secondary N) is 1. The molecule has 0 aliphatic heterocycles. The highest BCUT2D eigenvalue weighted by Gasteiger charge is 2.13. The Morgan fingerprint density at radius 2 is 2.03 bits per heavy atom. The molecule has 0 aliphatic rings. The topological polar surface area (TPSA) is 147 Å². The van der Waals surface area contributed by atoms with E-state index in [-0.39, 0.29) is 17.6 Å². The van der Waals surface area contributed by atoms with E-state index in [2.05, 4.69) is 20.4 Å². The standard InChI is InChI=1S/C18H15N7O4/c1-28-15-8-11(2-7-14(15)16-9-20-10-29-16)21-18-22-17(19)24(23-18)12-3-5-13(6-4-12)25(26)27/h2-10H,1H3,(H3,19,21,22,23). The Morgan fingerprint density at radius 3 is 2.69 bits per heavy atom. The molecule has 11 heteroatoms. The summed E-state index contributed by atoms with van der Waals surface area (Å²) in [5.41, 5.74) is 7.89. The van der Waals surface area contributed by atoms with Crippen molar-refractivity contribution in [2.75, 3.05) is 18.2 Å². The number of hydrogen-bond acceptors (Lipinski definition) is 9. The molecule has 0 bridgehead atoms. The Morgan fingerprint density at radius 1 is 1.24 bits per heavy atom. The van der Waals surface area contributed by atoms with Crippen LogP contribution in [0.1, 0.15) is 0 Å². The molecular formula is C18H15N7O4. The van der Waals surface area contributed by atoms with Gasteiger partial charge in [-0.3, -0.25) is 10.1 Å². The van der Waals surface area contributed by atoms with Gasteiger partial charge in [-0.1, -0.05) is 0 Å². The minimum absolute atomic E-state index is 0.0234. The molecule has 3 N–H and O–H groups in total. The number of anilines is 3. The fourth-order valence-electron chi connectivity index (χ4n) is 2.73. The van der Waals surface area contributed by atoms with Crippen LogP contribution in [0, 0.1) is 10.1 Å². The molecule has 11 nitrogen and oxygen atoms in total. The molecule has 0 spiro atoms. The fraction of sp³-hybridized carbons (Fsp3) is 0.0556. The number of methoxy groups -OCH3 is 1. The van der Waals surface area contributed by atoms with Gasteiger partial charge < -0.3 is 20.2 Å². The summed E-state index contributed by atoms with van der Waals surface area (Å²) in [4.78, 5) is 18.4. The number of rotatable bonds is 6. The van der Waals surface area contributed by atoms with Gasteiger partial charge in [-0.05, 0) is 24.3 Å². The van der Waals surface area contributed by atoms with Crippen molar-refractivity contribution >= 4 is 23.3 Å². The van der Waals surface area contributed by atoms with Crippen LogP contribution < -0.4 is 15.8 Å². The third kappa shape index (κ3) is 3.56. The van der Waals surface area contributed by atoms with Crippen LogP contribution in [0.3, 0.4) is 0 Å². The number of hydrogen-bond donors (Lipinski definition) is 2. The summed E-state index contributed by atoms with van der Waals surface area (Å²) in [5, 5.41) is 18.2. The molecule has 0 amide bonds. The number of nitro benzene ring substituents is 1. The number of nitrogen functional groups attached to an aromatic ring is 1. The van der Waals surface area contributed by atoms with E-state index in [1.165, 1.54) is 23.2 Å². The Hall–Kier alpha value is -4.41. The number of aromatic nitrogens is 4. The highest BCUT2D eigenvalue weighted by Crippen LogP contribution is 2.33. The third-order valence-corrected chi connectivity index (χ3v) is 4.09. The maximum Gasteiger partial charge on any atom is 0.269 e. The summed E-state index contributed by atoms with van der Waals surface area (Å²) >= 11 is 0. The molecule has 0 aliphatic carbocycles. The van der Waals surface area contributed by atoms with E-state index in [4.69, 9.17) is 14.9 Å². The number of ether oxygens (including phenoxy) is 1. The minimum Gasteiger partial charge on any atom is -0.496 e. The summed E-state index contributed by atoms with van der Waals surface area (Å²) in [6, 6.07) is 11.2. The minimum atomic E-state index is -0.475. The van der Waals surface area contributed by atoms with Gasteiger partial charge in [-0.25, -0.2) is 4.98 Å². The predicted octanol–water partition coefficient (Wildman–Crippen LogP) is 3.16. The zero-order chi connectivity index (χ0) is 20.4. The van der Waals surface area contributed by atoms with E-state index in [1.807, 2.05) is 12.1 Å². The Labute approximate surface area is 163 Å². The summed E-state index contributed by atoms with van der Waals surface area (Å²) in [5.74, 6) is 1.55. The van der Waals surface area contributed by atoms with Crippen LogP contribution in [-0.2, 0) is 0 Å². The third-order valence-electron chi connectivity index (χ3n) is 4.09. The quantitative estimate of drug-likeness (QED) is 0.372. The summed E-state index contributed by atoms with van der Waals surface area (Å²) in [6.07, 6.45) is 2.94. The first-order valence-electron chi connectivity index (χ1n) is 8.36. The van der Waals surface area contributed by atoms with Crippen LogP contribution >= 0.6 is 0 Å². The largest absolute Gasteiger partial charge is 0.496 e. The van der Waals surface area contributed by atoms with E-state index in [1.54, 1.807) is 31.5 Å². The van der Waals surface area contributed by atoms with Crippen LogP contribution in [0.25, 0.3) is 17.0 Å². The smallest absolute Gasteiger partial charge is 0.269 e. The van der Waals surface area contributed by atoms with E-state index in [0.29, 0.717) is 22.9 Å². The van der Waals surface area contributed by atoms with Crippen molar-refractivity contribution in [1.82, 2.24) is 19.7 Å². The van der Waals surface area contributed by atoms with Crippen LogP contribution in [0.4, 0.5) is 23.3 Å². The average molecular weight is 393 g/mol. The number of nitro groups is 1. The number of non-ortho nitro benzene ring substituents is 1. The van der Waals surface area contributed by atoms with Crippen LogP contribution in [0.15, 0.2) is 59.5 Å². The average Bonchev–Trinajstić information content (AvgIpc) is 3.38. The van der Waals surface area contributed by atoms with E-state index >= 15 is 0 Å². The van der Waals surface area contributed by atoms with E-state index in [0.717, 1.165) is 5.56 Å². The molecule has 29 heavy (non-hydrogen) atoms. The maximum atomic E-state index is 10.8. The van der Waals surface area contributed by atoms with Gasteiger partial charge in [0.25, 0.3) is 5.69 Å². The zero-order valence-corrected chi connectivity index (χ0v) is 15.1. The van der Waals surface area contributed by atoms with Gasteiger partial charge in [0.2, 0.25) is 11.9 Å². The van der Waals surface area contributed by atoms with Gasteiger partial charge >= 0.3 is 0 Å². The van der Waals surface area contributed by atoms with Crippen molar-refractivity contribution in [2.24, 2.45) is 0 Å². The van der Waals surface area contributed by atoms with Crippen molar-refractivity contribution in [2.45, 2.75) is 0 Å². The van der Waals surface area contributed by atoms with Crippen molar-refractivity contribution in [1.29, 1.82) is 0 Å². The monoisotopic (exact) mass is 393 g/mol. The first-order valence-corrected chi connectivity index (χ1v) is 8.36. The van der Waals surface area contributed by atoms with Crippen molar-refractivity contribution in [3.63, 3.8) is 0 Å². The highest BCUT2D eigenvalue weighted by molar-refractivity contribution is 5.71. The van der Waals surface area contributed by atoms with E-state index < -0.39 is 4.92 Å². The molecule has 0 unspecified atom stereocenters. The molecule has 2 aromatic carbocycles. The van der Waals surface area contributed by atoms with Crippen LogP contribution in [0.5, 0.6) is 5.75 Å². The van der Waals surface area contributed by atoms with Crippen LogP contribution in [0.2, 0.25) is 0 Å². The summed E-state index contributed by atoms with van der Waals surface area (Å²) < 4.78 is 12.1. The highest BCUT2D eigenvalue weighted by atomic mass is 16.6. The number of nitrogens with two attached hydrogens (primary N) is 1. The zero-order valence-electron chi connectivity index (χ0n) is 15.1. The number of benzene rings is 2. The lowest BCUT2D eigenvalue weighted by Crippen LogP contribution is -2.02. The van der Waals surface area contributed by atoms with Crippen molar-refractivity contribution in [3.8, 4) is 22.8 Å². The van der Waals surface area contributed by atoms with Gasteiger partial charge in [-0.2, -0.15) is 9.67 Å². The number of nitrogens with zero attached hydrogens (tertiary/aromatic N) is 5. The first-order chi connectivity index (χ1) is 14.0. The SMILES string of the molecule is COc1cc(Nc2nc(N)n(-c3ccc([N+](=O)[O-])cc3)n2)ccc1-c1cnco1. The van der Waals surface area contributed by atoms with E-state index in [9.17, 15) is 10.1 Å².